The number of hydrogen-bond acceptors (Lipinski definition) is 6. The number of carbonyl (C=O) groups is 1. The van der Waals surface area contributed by atoms with Gasteiger partial charge in [0, 0.05) is 37.4 Å². The number of benzene rings is 1. The molecule has 0 aliphatic rings. The number of aromatic nitrogens is 2. The van der Waals surface area contributed by atoms with Crippen LogP contribution >= 0.6 is 0 Å². The van der Waals surface area contributed by atoms with Crippen LogP contribution in [0.25, 0.3) is 0 Å². The molecule has 0 aliphatic carbocycles. The van der Waals surface area contributed by atoms with Gasteiger partial charge < -0.3 is 15.4 Å². The number of nitrogens with one attached hydrogen (secondary N) is 1. The van der Waals surface area contributed by atoms with E-state index in [2.05, 4.69) is 15.3 Å². The highest BCUT2D eigenvalue weighted by molar-refractivity contribution is 6.43. The third-order valence-corrected chi connectivity index (χ3v) is 4.48. The zero-order valence-electron chi connectivity index (χ0n) is 16.0. The van der Waals surface area contributed by atoms with E-state index in [0.717, 1.165) is 11.3 Å². The summed E-state index contributed by atoms with van der Waals surface area (Å²) in [5.74, 6) is -0.208. The van der Waals surface area contributed by atoms with Gasteiger partial charge in [-0.05, 0) is 24.3 Å². The minimum Gasteiger partial charge on any atom is -0.427 e. The van der Waals surface area contributed by atoms with E-state index < -0.39 is 19.0 Å². The van der Waals surface area contributed by atoms with Crippen LogP contribution in [0.3, 0.4) is 0 Å². The second kappa shape index (κ2) is 10.9. The molecule has 0 fully saturated rings. The second-order valence-corrected chi connectivity index (χ2v) is 7.29. The molecule has 0 aliphatic heterocycles. The Morgan fingerprint density at radius 3 is 2.52 bits per heavy atom. The van der Waals surface area contributed by atoms with Crippen molar-refractivity contribution in [3.8, 4) is 0 Å². The fourth-order valence-corrected chi connectivity index (χ4v) is 3.12. The fraction of sp³-hybridized carbons (Fsp3) is 0.450. The maximum absolute atomic E-state index is 12.9. The molecule has 27 heavy (non-hydrogen) atoms. The number of rotatable bonds is 11. The van der Waals surface area contributed by atoms with Crippen molar-refractivity contribution in [1.29, 1.82) is 0 Å². The summed E-state index contributed by atoms with van der Waals surface area (Å²) in [4.78, 5) is 21.2. The molecule has 1 aromatic carbocycles. The van der Waals surface area contributed by atoms with Gasteiger partial charge in [-0.3, -0.25) is 14.8 Å². The van der Waals surface area contributed by atoms with E-state index in [0.29, 0.717) is 19.4 Å². The summed E-state index contributed by atoms with van der Waals surface area (Å²) in [7, 11) is -1.49. The van der Waals surface area contributed by atoms with Crippen molar-refractivity contribution in [1.82, 2.24) is 15.3 Å². The first-order chi connectivity index (χ1) is 13.0. The van der Waals surface area contributed by atoms with Crippen LogP contribution in [0.5, 0.6) is 0 Å². The van der Waals surface area contributed by atoms with Gasteiger partial charge in [-0.2, -0.15) is 0 Å². The molecule has 0 radical (unpaired) electrons. The second-order valence-electron chi connectivity index (χ2n) is 7.29. The van der Waals surface area contributed by atoms with Crippen LogP contribution in [0.4, 0.5) is 0 Å². The molecular formula is C20H28BN3O3. The summed E-state index contributed by atoms with van der Waals surface area (Å²) >= 11 is 0. The Labute approximate surface area is 161 Å². The molecule has 0 saturated heterocycles. The molecule has 0 spiro atoms. The molecule has 7 heteroatoms. The molecular weight excluding hydrogens is 341 g/mol. The molecule has 0 bridgehead atoms. The van der Waals surface area contributed by atoms with E-state index in [9.17, 15) is 14.8 Å². The highest BCUT2D eigenvalue weighted by Gasteiger charge is 2.29. The summed E-state index contributed by atoms with van der Waals surface area (Å²) in [5, 5.41) is 22.6. The SMILES string of the molecule is CC(C)C[C@H](CC(=O)[C@H](Cc1ccccc1)NCc1cnccn1)B(O)O. The number of Topliss-reactive ketones (excluding diaryl/α,β-unsaturated/α-hetero) is 1. The molecule has 2 rings (SSSR count). The number of carbonyl (C=O) groups excluding carboxylic acids is 1. The monoisotopic (exact) mass is 369 g/mol. The maximum atomic E-state index is 12.9. The Hall–Kier alpha value is -2.09. The highest BCUT2D eigenvalue weighted by Crippen LogP contribution is 2.24. The van der Waals surface area contributed by atoms with Crippen LogP contribution in [0.2, 0.25) is 5.82 Å². The predicted molar refractivity (Wildman–Crippen MR) is 106 cm³/mol. The van der Waals surface area contributed by atoms with Gasteiger partial charge in [0.2, 0.25) is 0 Å². The normalized spacial score (nSPS) is 13.4. The van der Waals surface area contributed by atoms with Crippen molar-refractivity contribution in [3.05, 3.63) is 60.2 Å². The van der Waals surface area contributed by atoms with Crippen LogP contribution < -0.4 is 5.32 Å². The summed E-state index contributed by atoms with van der Waals surface area (Å²) in [6.07, 6.45) is 6.14. The Balaban J connectivity index is 2.08. The van der Waals surface area contributed by atoms with E-state index in [1.807, 2.05) is 44.2 Å². The minimum atomic E-state index is -1.49. The van der Waals surface area contributed by atoms with Gasteiger partial charge in [0.1, 0.15) is 5.78 Å². The third-order valence-electron chi connectivity index (χ3n) is 4.48. The van der Waals surface area contributed by atoms with Crippen molar-refractivity contribution < 1.29 is 14.8 Å². The average molecular weight is 369 g/mol. The lowest BCUT2D eigenvalue weighted by molar-refractivity contribution is -0.121. The molecule has 2 aromatic rings. The van der Waals surface area contributed by atoms with Crippen LogP contribution in [-0.4, -0.2) is 39.0 Å². The van der Waals surface area contributed by atoms with Gasteiger partial charge in [0.15, 0.2) is 0 Å². The largest absolute Gasteiger partial charge is 0.455 e. The molecule has 6 nitrogen and oxygen atoms in total. The molecule has 0 unspecified atom stereocenters. The smallest absolute Gasteiger partial charge is 0.427 e. The van der Waals surface area contributed by atoms with Crippen LogP contribution in [-0.2, 0) is 17.8 Å². The maximum Gasteiger partial charge on any atom is 0.455 e. The number of nitrogens with zero attached hydrogens (tertiary/aromatic N) is 2. The topological polar surface area (TPSA) is 95.3 Å². The lowest BCUT2D eigenvalue weighted by atomic mass is 9.66. The first kappa shape index (κ1) is 21.2. The molecule has 0 amide bonds. The zero-order chi connectivity index (χ0) is 19.6. The summed E-state index contributed by atoms with van der Waals surface area (Å²) in [6.45, 7) is 4.44. The predicted octanol–water partition coefficient (Wildman–Crippen LogP) is 2.03. The molecule has 144 valence electrons. The van der Waals surface area contributed by atoms with E-state index in [1.54, 1.807) is 18.6 Å². The Morgan fingerprint density at radius 2 is 1.93 bits per heavy atom. The van der Waals surface area contributed by atoms with E-state index in [4.69, 9.17) is 0 Å². The fourth-order valence-electron chi connectivity index (χ4n) is 3.12. The lowest BCUT2D eigenvalue weighted by Gasteiger charge is -2.22. The van der Waals surface area contributed by atoms with Gasteiger partial charge in [0.05, 0.1) is 11.7 Å². The standard InChI is InChI=1S/C20H28BN3O3/c1-15(2)10-17(21(26)27)12-20(25)19(11-16-6-4-3-5-7-16)24-14-18-13-22-8-9-23-18/h3-9,13,15,17,19,24,26-27H,10-12,14H2,1-2H3/t17-,19+/m1/s1. The first-order valence-corrected chi connectivity index (χ1v) is 9.36. The van der Waals surface area contributed by atoms with E-state index in [1.165, 1.54) is 0 Å². The van der Waals surface area contributed by atoms with Crippen molar-refractivity contribution in [2.24, 2.45) is 5.92 Å². The Morgan fingerprint density at radius 1 is 1.19 bits per heavy atom. The molecule has 1 heterocycles. The van der Waals surface area contributed by atoms with Gasteiger partial charge in [-0.15, -0.1) is 0 Å². The third kappa shape index (κ3) is 7.58. The minimum absolute atomic E-state index is 0.0264. The van der Waals surface area contributed by atoms with Gasteiger partial charge in [-0.25, -0.2) is 0 Å². The summed E-state index contributed by atoms with van der Waals surface area (Å²) < 4.78 is 0. The van der Waals surface area contributed by atoms with Crippen molar-refractivity contribution in [2.45, 2.75) is 51.5 Å². The quantitative estimate of drug-likeness (QED) is 0.525. The zero-order valence-corrected chi connectivity index (χ0v) is 16.0. The number of ketones is 1. The van der Waals surface area contributed by atoms with Crippen LogP contribution in [0, 0.1) is 5.92 Å². The van der Waals surface area contributed by atoms with Gasteiger partial charge in [0.25, 0.3) is 0 Å². The highest BCUT2D eigenvalue weighted by atomic mass is 16.4. The van der Waals surface area contributed by atoms with Gasteiger partial charge >= 0.3 is 7.12 Å². The van der Waals surface area contributed by atoms with Crippen molar-refractivity contribution >= 4 is 12.9 Å². The van der Waals surface area contributed by atoms with Crippen molar-refractivity contribution in [3.63, 3.8) is 0 Å². The lowest BCUT2D eigenvalue weighted by Crippen LogP contribution is -2.40. The molecule has 2 atom stereocenters. The van der Waals surface area contributed by atoms with Crippen LogP contribution in [0.1, 0.15) is 37.9 Å². The molecule has 3 N–H and O–H groups in total. The van der Waals surface area contributed by atoms with Crippen LogP contribution in [0.15, 0.2) is 48.9 Å². The number of hydrogen-bond donors (Lipinski definition) is 3. The van der Waals surface area contributed by atoms with E-state index in [-0.39, 0.29) is 18.1 Å². The molecule has 1 aromatic heterocycles. The van der Waals surface area contributed by atoms with E-state index >= 15 is 0 Å². The first-order valence-electron chi connectivity index (χ1n) is 9.36. The summed E-state index contributed by atoms with van der Waals surface area (Å²) in [5.41, 5.74) is 1.80. The Bertz CT molecular complexity index is 683. The Kier molecular flexibility index (Phi) is 8.58. The van der Waals surface area contributed by atoms with Gasteiger partial charge in [-0.1, -0.05) is 44.2 Å². The summed E-state index contributed by atoms with van der Waals surface area (Å²) in [6, 6.07) is 9.36. The average Bonchev–Trinajstić information content (AvgIpc) is 2.65. The molecule has 0 saturated carbocycles. The van der Waals surface area contributed by atoms with Crippen molar-refractivity contribution in [2.75, 3.05) is 0 Å².